The molecule has 138 valence electrons. The van der Waals surface area contributed by atoms with Gasteiger partial charge in [0.1, 0.15) is 5.84 Å². The first-order valence-electron chi connectivity index (χ1n) is 8.62. The number of rotatable bonds is 6. The van der Waals surface area contributed by atoms with Crippen molar-refractivity contribution in [3.8, 4) is 0 Å². The molecule has 0 radical (unpaired) electrons. The van der Waals surface area contributed by atoms with Crippen molar-refractivity contribution in [2.75, 3.05) is 13.1 Å². The van der Waals surface area contributed by atoms with Gasteiger partial charge in [-0.15, -0.1) is 0 Å². The molecule has 0 aliphatic carbocycles. The largest absolute Gasteiger partial charge is 0.293 e. The van der Waals surface area contributed by atoms with Gasteiger partial charge in [0.2, 0.25) is 10.0 Å². The van der Waals surface area contributed by atoms with Crippen molar-refractivity contribution in [1.82, 2.24) is 9.73 Å². The second kappa shape index (κ2) is 7.57. The molecule has 0 fully saturated rings. The van der Waals surface area contributed by atoms with Crippen LogP contribution in [-0.2, 0) is 16.4 Å². The van der Waals surface area contributed by atoms with Crippen LogP contribution >= 0.6 is 0 Å². The molecule has 0 bridgehead atoms. The first-order valence-corrected chi connectivity index (χ1v) is 10.1. The van der Waals surface area contributed by atoms with Crippen LogP contribution in [0.2, 0.25) is 0 Å². The molecule has 0 amide bonds. The fourth-order valence-electron chi connectivity index (χ4n) is 2.89. The summed E-state index contributed by atoms with van der Waals surface area (Å²) in [6, 6.07) is 15.0. The van der Waals surface area contributed by atoms with E-state index in [1.54, 1.807) is 31.0 Å². The molecule has 26 heavy (non-hydrogen) atoms. The van der Waals surface area contributed by atoms with E-state index < -0.39 is 10.0 Å². The Morgan fingerprint density at radius 3 is 2.15 bits per heavy atom. The van der Waals surface area contributed by atoms with Gasteiger partial charge in [0.05, 0.1) is 18.0 Å². The van der Waals surface area contributed by atoms with Crippen molar-refractivity contribution >= 4 is 15.9 Å². The number of hydrazine groups is 1. The summed E-state index contributed by atoms with van der Waals surface area (Å²) in [5.74, 6) is 6.72. The van der Waals surface area contributed by atoms with E-state index in [0.717, 1.165) is 42.0 Å². The molecule has 3 N–H and O–H groups in total. The highest BCUT2D eigenvalue weighted by Gasteiger charge is 2.16. The van der Waals surface area contributed by atoms with Crippen LogP contribution in [0.15, 0.2) is 58.4 Å². The van der Waals surface area contributed by atoms with Gasteiger partial charge in [0, 0.05) is 11.6 Å². The SMILES string of the molecule is CC(C)NS(=O)(=O)c1ccc(Cc2ccc(C3=NCCN3N)cc2)cc1. The fourth-order valence-corrected chi connectivity index (χ4v) is 4.14. The van der Waals surface area contributed by atoms with Crippen molar-refractivity contribution in [3.05, 3.63) is 65.2 Å². The van der Waals surface area contributed by atoms with Crippen LogP contribution in [-0.4, -0.2) is 38.4 Å². The van der Waals surface area contributed by atoms with Crippen LogP contribution < -0.4 is 10.6 Å². The number of hydrogen-bond acceptors (Lipinski definition) is 5. The summed E-state index contributed by atoms with van der Waals surface area (Å²) in [4.78, 5) is 4.69. The van der Waals surface area contributed by atoms with Gasteiger partial charge in [0.15, 0.2) is 0 Å². The van der Waals surface area contributed by atoms with E-state index in [1.165, 1.54) is 0 Å². The van der Waals surface area contributed by atoms with E-state index in [4.69, 9.17) is 5.84 Å². The van der Waals surface area contributed by atoms with Crippen LogP contribution in [0.1, 0.15) is 30.5 Å². The number of sulfonamides is 1. The molecule has 0 unspecified atom stereocenters. The van der Waals surface area contributed by atoms with Gasteiger partial charge in [-0.05, 0) is 43.5 Å². The Morgan fingerprint density at radius 2 is 1.65 bits per heavy atom. The van der Waals surface area contributed by atoms with Crippen molar-refractivity contribution < 1.29 is 8.42 Å². The third-order valence-corrected chi connectivity index (χ3v) is 5.79. The molecule has 0 atom stereocenters. The topological polar surface area (TPSA) is 87.8 Å². The highest BCUT2D eigenvalue weighted by molar-refractivity contribution is 7.89. The lowest BCUT2D eigenvalue weighted by atomic mass is 10.0. The quantitative estimate of drug-likeness (QED) is 0.758. The van der Waals surface area contributed by atoms with Crippen molar-refractivity contribution in [1.29, 1.82) is 0 Å². The Labute approximate surface area is 154 Å². The monoisotopic (exact) mass is 372 g/mol. The molecule has 0 saturated heterocycles. The summed E-state index contributed by atoms with van der Waals surface area (Å²) in [5.41, 5.74) is 3.21. The molecule has 0 spiro atoms. The van der Waals surface area contributed by atoms with Gasteiger partial charge in [-0.2, -0.15) is 0 Å². The van der Waals surface area contributed by atoms with E-state index in [-0.39, 0.29) is 10.9 Å². The molecule has 1 heterocycles. The molecule has 2 aromatic rings. The predicted octanol–water partition coefficient (Wildman–Crippen LogP) is 1.90. The molecule has 2 aromatic carbocycles. The average molecular weight is 372 g/mol. The summed E-state index contributed by atoms with van der Waals surface area (Å²) in [6.45, 7) is 5.08. The van der Waals surface area contributed by atoms with Crippen LogP contribution in [0, 0.1) is 0 Å². The molecule has 6 nitrogen and oxygen atoms in total. The zero-order chi connectivity index (χ0) is 18.7. The van der Waals surface area contributed by atoms with Gasteiger partial charge >= 0.3 is 0 Å². The van der Waals surface area contributed by atoms with E-state index in [0.29, 0.717) is 0 Å². The van der Waals surface area contributed by atoms with Crippen molar-refractivity contribution in [3.63, 3.8) is 0 Å². The highest BCUT2D eigenvalue weighted by Crippen LogP contribution is 2.16. The predicted molar refractivity (Wildman–Crippen MR) is 103 cm³/mol. The maximum Gasteiger partial charge on any atom is 0.240 e. The Kier molecular flexibility index (Phi) is 5.41. The second-order valence-corrected chi connectivity index (χ2v) is 8.41. The van der Waals surface area contributed by atoms with Crippen LogP contribution in [0.25, 0.3) is 0 Å². The first kappa shape index (κ1) is 18.6. The molecule has 0 saturated carbocycles. The summed E-state index contributed by atoms with van der Waals surface area (Å²) in [5, 5.41) is 1.67. The lowest BCUT2D eigenvalue weighted by Gasteiger charge is -2.13. The van der Waals surface area contributed by atoms with E-state index in [1.807, 2.05) is 24.3 Å². The maximum atomic E-state index is 12.2. The number of aliphatic imine (C=N–C) groups is 1. The number of nitrogens with zero attached hydrogens (tertiary/aromatic N) is 2. The standard InChI is InChI=1S/C19H24N4O2S/c1-14(2)22-26(24,25)18-9-5-16(6-10-18)13-15-3-7-17(8-4-15)19-21-11-12-23(19)20/h3-10,14,22H,11-13,20H2,1-2H3. The molecular formula is C19H24N4O2S. The minimum absolute atomic E-state index is 0.132. The zero-order valence-electron chi connectivity index (χ0n) is 15.0. The van der Waals surface area contributed by atoms with Gasteiger partial charge in [0.25, 0.3) is 0 Å². The number of hydrogen-bond donors (Lipinski definition) is 2. The lowest BCUT2D eigenvalue weighted by Crippen LogP contribution is -2.34. The minimum atomic E-state index is -3.45. The third-order valence-electron chi connectivity index (χ3n) is 4.12. The number of amidine groups is 1. The third kappa shape index (κ3) is 4.30. The molecule has 0 aromatic heterocycles. The summed E-state index contributed by atoms with van der Waals surface area (Å²) >= 11 is 0. The van der Waals surface area contributed by atoms with E-state index >= 15 is 0 Å². The van der Waals surface area contributed by atoms with Gasteiger partial charge < -0.3 is 0 Å². The summed E-state index contributed by atoms with van der Waals surface area (Å²) in [7, 11) is -3.45. The minimum Gasteiger partial charge on any atom is -0.293 e. The van der Waals surface area contributed by atoms with Crippen molar-refractivity contribution in [2.45, 2.75) is 31.2 Å². The first-order chi connectivity index (χ1) is 12.3. The number of nitrogens with two attached hydrogens (primary N) is 1. The number of nitrogens with one attached hydrogen (secondary N) is 1. The van der Waals surface area contributed by atoms with Crippen molar-refractivity contribution in [2.24, 2.45) is 10.8 Å². The van der Waals surface area contributed by atoms with Crippen LogP contribution in [0.3, 0.4) is 0 Å². The van der Waals surface area contributed by atoms with Gasteiger partial charge in [-0.25, -0.2) is 19.0 Å². The summed E-state index contributed by atoms with van der Waals surface area (Å²) in [6.07, 6.45) is 0.733. The van der Waals surface area contributed by atoms with Gasteiger partial charge in [-0.3, -0.25) is 10.0 Å². The van der Waals surface area contributed by atoms with Crippen LogP contribution in [0.4, 0.5) is 0 Å². The molecule has 3 rings (SSSR count). The molecule has 1 aliphatic rings. The Hall–Kier alpha value is -2.22. The van der Waals surface area contributed by atoms with Gasteiger partial charge in [-0.1, -0.05) is 36.4 Å². The second-order valence-electron chi connectivity index (χ2n) is 6.69. The Bertz CT molecular complexity index is 888. The molecule has 7 heteroatoms. The lowest BCUT2D eigenvalue weighted by molar-refractivity contribution is 0.484. The van der Waals surface area contributed by atoms with E-state index in [9.17, 15) is 8.42 Å². The summed E-state index contributed by atoms with van der Waals surface area (Å²) < 4.78 is 26.9. The molecular weight excluding hydrogens is 348 g/mol. The zero-order valence-corrected chi connectivity index (χ0v) is 15.8. The number of benzene rings is 2. The van der Waals surface area contributed by atoms with E-state index in [2.05, 4.69) is 21.8 Å². The highest BCUT2D eigenvalue weighted by atomic mass is 32.2. The average Bonchev–Trinajstić information content (AvgIpc) is 3.01. The Morgan fingerprint density at radius 1 is 1.08 bits per heavy atom. The smallest absolute Gasteiger partial charge is 0.240 e. The maximum absolute atomic E-state index is 12.2. The Balaban J connectivity index is 1.70. The molecule has 1 aliphatic heterocycles. The fraction of sp³-hybridized carbons (Fsp3) is 0.316. The normalized spacial score (nSPS) is 14.8. The van der Waals surface area contributed by atoms with Crippen LogP contribution in [0.5, 0.6) is 0 Å².